The number of hydrogen-bond acceptors (Lipinski definition) is 5. The van der Waals surface area contributed by atoms with E-state index in [-0.39, 0.29) is 5.91 Å². The molecule has 1 fully saturated rings. The van der Waals surface area contributed by atoms with Crippen LogP contribution >= 0.6 is 11.3 Å². The molecule has 1 aliphatic rings. The molecule has 1 aromatic heterocycles. The van der Waals surface area contributed by atoms with Crippen LogP contribution in [0.4, 0.5) is 0 Å². The lowest BCUT2D eigenvalue weighted by atomic mass is 10.2. The number of aryl methyl sites for hydroxylation is 1. The molecular weight excluding hydrogens is 334 g/mol. The molecule has 6 nitrogen and oxygen atoms in total. The Hall–Kier alpha value is -0.960. The Morgan fingerprint density at radius 2 is 2.17 bits per heavy atom. The SMILES string of the molecule is Cc1ccc(S(=O)(=O)N2CCCC2C(=O)NCCCN(C)C)s1. The Morgan fingerprint density at radius 1 is 1.43 bits per heavy atom. The molecule has 2 rings (SSSR count). The monoisotopic (exact) mass is 359 g/mol. The molecule has 23 heavy (non-hydrogen) atoms. The summed E-state index contributed by atoms with van der Waals surface area (Å²) in [6.07, 6.45) is 2.16. The first kappa shape index (κ1) is 18.4. The quantitative estimate of drug-likeness (QED) is 0.745. The zero-order valence-corrected chi connectivity index (χ0v) is 15.5. The van der Waals surface area contributed by atoms with E-state index in [0.29, 0.717) is 23.7 Å². The van der Waals surface area contributed by atoms with Gasteiger partial charge in [-0.15, -0.1) is 11.3 Å². The molecule has 1 N–H and O–H groups in total. The minimum Gasteiger partial charge on any atom is -0.355 e. The smallest absolute Gasteiger partial charge is 0.253 e. The molecular formula is C15H25N3O3S2. The minimum absolute atomic E-state index is 0.182. The highest BCUT2D eigenvalue weighted by molar-refractivity contribution is 7.91. The fraction of sp³-hybridized carbons (Fsp3) is 0.667. The maximum Gasteiger partial charge on any atom is 0.253 e. The molecule has 0 radical (unpaired) electrons. The molecule has 130 valence electrons. The van der Waals surface area contributed by atoms with Gasteiger partial charge in [-0.25, -0.2) is 8.42 Å². The van der Waals surface area contributed by atoms with Gasteiger partial charge in [-0.3, -0.25) is 4.79 Å². The molecule has 0 spiro atoms. The molecule has 1 unspecified atom stereocenters. The molecule has 1 amide bonds. The largest absolute Gasteiger partial charge is 0.355 e. The standard InChI is InChI=1S/C15H25N3O3S2/c1-12-7-8-14(22-12)23(20,21)18-11-4-6-13(18)15(19)16-9-5-10-17(2)3/h7-8,13H,4-6,9-11H2,1-3H3,(H,16,19). The van der Waals surface area contributed by atoms with Gasteiger partial charge in [0.05, 0.1) is 0 Å². The van der Waals surface area contributed by atoms with Crippen LogP contribution in [0.3, 0.4) is 0 Å². The number of hydrogen-bond donors (Lipinski definition) is 1. The normalized spacial score (nSPS) is 19.4. The van der Waals surface area contributed by atoms with E-state index < -0.39 is 16.1 Å². The third-order valence-electron chi connectivity index (χ3n) is 3.87. The lowest BCUT2D eigenvalue weighted by Gasteiger charge is -2.22. The van der Waals surface area contributed by atoms with Crippen LogP contribution in [0.2, 0.25) is 0 Å². The van der Waals surface area contributed by atoms with Crippen molar-refractivity contribution in [3.8, 4) is 0 Å². The molecule has 0 saturated carbocycles. The van der Waals surface area contributed by atoms with Crippen molar-refractivity contribution in [3.63, 3.8) is 0 Å². The Balaban J connectivity index is 2.00. The van der Waals surface area contributed by atoms with Gasteiger partial charge in [-0.1, -0.05) is 0 Å². The van der Waals surface area contributed by atoms with Crippen LogP contribution in [0.1, 0.15) is 24.1 Å². The molecule has 8 heteroatoms. The lowest BCUT2D eigenvalue weighted by molar-refractivity contribution is -0.124. The Bertz CT molecular complexity index is 640. The second-order valence-corrected chi connectivity index (χ2v) is 9.49. The summed E-state index contributed by atoms with van der Waals surface area (Å²) in [4.78, 5) is 15.4. The van der Waals surface area contributed by atoms with E-state index in [4.69, 9.17) is 0 Å². The van der Waals surface area contributed by atoms with Crippen molar-refractivity contribution < 1.29 is 13.2 Å². The number of nitrogens with zero attached hydrogens (tertiary/aromatic N) is 2. The predicted molar refractivity (Wildman–Crippen MR) is 92.2 cm³/mol. The zero-order valence-electron chi connectivity index (χ0n) is 13.9. The number of sulfonamides is 1. The van der Waals surface area contributed by atoms with Gasteiger partial charge in [-0.05, 0) is 59.0 Å². The van der Waals surface area contributed by atoms with Crippen LogP contribution in [0.5, 0.6) is 0 Å². The van der Waals surface area contributed by atoms with Crippen molar-refractivity contribution in [1.29, 1.82) is 0 Å². The molecule has 0 bridgehead atoms. The highest BCUT2D eigenvalue weighted by atomic mass is 32.2. The summed E-state index contributed by atoms with van der Waals surface area (Å²) in [7, 11) is 0.391. The first-order valence-corrected chi connectivity index (χ1v) is 10.1. The number of nitrogens with one attached hydrogen (secondary N) is 1. The Morgan fingerprint density at radius 3 is 2.78 bits per heavy atom. The summed E-state index contributed by atoms with van der Waals surface area (Å²) in [6, 6.07) is 2.84. The third kappa shape index (κ3) is 4.53. The summed E-state index contributed by atoms with van der Waals surface area (Å²) in [5, 5.41) is 2.87. The first-order chi connectivity index (χ1) is 10.8. The number of amides is 1. The zero-order chi connectivity index (χ0) is 17.0. The highest BCUT2D eigenvalue weighted by Gasteiger charge is 2.39. The molecule has 0 aliphatic carbocycles. The van der Waals surface area contributed by atoms with Crippen molar-refractivity contribution >= 4 is 27.3 Å². The molecule has 1 aromatic rings. The average Bonchev–Trinajstić information content (AvgIpc) is 3.12. The van der Waals surface area contributed by atoms with Gasteiger partial charge in [0.25, 0.3) is 10.0 Å². The van der Waals surface area contributed by atoms with Crippen LogP contribution < -0.4 is 5.32 Å². The van der Waals surface area contributed by atoms with Crippen LogP contribution in [0, 0.1) is 6.92 Å². The number of carbonyl (C=O) groups excluding carboxylic acids is 1. The van der Waals surface area contributed by atoms with Crippen molar-refractivity contribution in [2.24, 2.45) is 0 Å². The van der Waals surface area contributed by atoms with Crippen molar-refractivity contribution in [2.45, 2.75) is 36.4 Å². The average molecular weight is 360 g/mol. The van der Waals surface area contributed by atoms with Gasteiger partial charge in [0.15, 0.2) is 0 Å². The fourth-order valence-electron chi connectivity index (χ4n) is 2.68. The maximum absolute atomic E-state index is 12.7. The van der Waals surface area contributed by atoms with Crippen LogP contribution in [0.25, 0.3) is 0 Å². The van der Waals surface area contributed by atoms with E-state index in [1.165, 1.54) is 15.6 Å². The van der Waals surface area contributed by atoms with Gasteiger partial charge in [0, 0.05) is 18.0 Å². The van der Waals surface area contributed by atoms with Crippen LogP contribution in [-0.2, 0) is 14.8 Å². The van der Waals surface area contributed by atoms with E-state index in [1.54, 1.807) is 12.1 Å². The van der Waals surface area contributed by atoms with E-state index in [9.17, 15) is 13.2 Å². The maximum atomic E-state index is 12.7. The minimum atomic E-state index is -3.57. The van der Waals surface area contributed by atoms with E-state index in [2.05, 4.69) is 10.2 Å². The van der Waals surface area contributed by atoms with Crippen molar-refractivity contribution in [2.75, 3.05) is 33.7 Å². The summed E-state index contributed by atoms with van der Waals surface area (Å²) in [5.41, 5.74) is 0. The topological polar surface area (TPSA) is 69.7 Å². The molecule has 1 aliphatic heterocycles. The molecule has 1 saturated heterocycles. The Kier molecular flexibility index (Phi) is 6.19. The van der Waals surface area contributed by atoms with Gasteiger partial charge >= 0.3 is 0 Å². The van der Waals surface area contributed by atoms with Gasteiger partial charge in [0.2, 0.25) is 5.91 Å². The third-order valence-corrected chi connectivity index (χ3v) is 7.24. The second-order valence-electron chi connectivity index (χ2n) is 6.09. The Labute approximate surface area is 142 Å². The molecule has 1 atom stereocenters. The van der Waals surface area contributed by atoms with Crippen molar-refractivity contribution in [1.82, 2.24) is 14.5 Å². The van der Waals surface area contributed by atoms with E-state index in [0.717, 1.165) is 24.3 Å². The lowest BCUT2D eigenvalue weighted by Crippen LogP contribution is -2.46. The number of thiophene rings is 1. The van der Waals surface area contributed by atoms with Gasteiger partial charge < -0.3 is 10.2 Å². The van der Waals surface area contributed by atoms with Gasteiger partial charge in [-0.2, -0.15) is 4.31 Å². The van der Waals surface area contributed by atoms with E-state index >= 15 is 0 Å². The number of rotatable bonds is 7. The molecule has 0 aromatic carbocycles. The molecule has 2 heterocycles. The predicted octanol–water partition coefficient (Wildman–Crippen LogP) is 1.28. The second kappa shape index (κ2) is 7.74. The summed E-state index contributed by atoms with van der Waals surface area (Å²) in [6.45, 7) is 3.75. The number of carbonyl (C=O) groups is 1. The first-order valence-electron chi connectivity index (χ1n) is 7.83. The van der Waals surface area contributed by atoms with E-state index in [1.807, 2.05) is 21.0 Å². The highest BCUT2D eigenvalue weighted by Crippen LogP contribution is 2.30. The van der Waals surface area contributed by atoms with Crippen molar-refractivity contribution in [3.05, 3.63) is 17.0 Å². The summed E-state index contributed by atoms with van der Waals surface area (Å²) in [5.74, 6) is -0.182. The summed E-state index contributed by atoms with van der Waals surface area (Å²) >= 11 is 1.25. The fourth-order valence-corrected chi connectivity index (χ4v) is 5.75. The van der Waals surface area contributed by atoms with Crippen LogP contribution in [-0.4, -0.2) is 63.3 Å². The summed E-state index contributed by atoms with van der Waals surface area (Å²) < 4.78 is 27.1. The van der Waals surface area contributed by atoms with Crippen LogP contribution in [0.15, 0.2) is 16.3 Å². The van der Waals surface area contributed by atoms with Gasteiger partial charge in [0.1, 0.15) is 10.3 Å².